The van der Waals surface area contributed by atoms with E-state index >= 15 is 0 Å². The zero-order chi connectivity index (χ0) is 23.3. The van der Waals surface area contributed by atoms with E-state index in [4.69, 9.17) is 0 Å². The zero-order valence-corrected chi connectivity index (χ0v) is 19.4. The van der Waals surface area contributed by atoms with Crippen LogP contribution in [0.25, 0.3) is 0 Å². The first kappa shape index (κ1) is 23.4. The molecule has 5 nitrogen and oxygen atoms in total. The second kappa shape index (κ2) is 10.0. The minimum atomic E-state index is -3.74. The van der Waals surface area contributed by atoms with Gasteiger partial charge >= 0.3 is 0 Å². The molecule has 1 aliphatic carbocycles. The maximum atomic E-state index is 13.5. The Morgan fingerprint density at radius 1 is 1.03 bits per heavy atom. The van der Waals surface area contributed by atoms with Gasteiger partial charge in [-0.3, -0.25) is 4.79 Å². The highest BCUT2D eigenvalue weighted by Crippen LogP contribution is 2.37. The SMILES string of the molecule is O=C(NCC1=CC=CCC1)C1(Cc2ccccc2)CCN(S(=O)(=O)c2ccc(F)cc2)CC1. The van der Waals surface area contributed by atoms with Gasteiger partial charge < -0.3 is 5.32 Å². The van der Waals surface area contributed by atoms with Gasteiger partial charge in [-0.15, -0.1) is 0 Å². The Labute approximate surface area is 195 Å². The molecule has 0 saturated carbocycles. The van der Waals surface area contributed by atoms with Gasteiger partial charge in [0.05, 0.1) is 10.3 Å². The summed E-state index contributed by atoms with van der Waals surface area (Å²) in [5.74, 6) is -0.504. The fourth-order valence-corrected chi connectivity index (χ4v) is 6.00. The molecule has 1 amide bonds. The van der Waals surface area contributed by atoms with Gasteiger partial charge in [-0.2, -0.15) is 4.31 Å². The Balaban J connectivity index is 1.51. The van der Waals surface area contributed by atoms with E-state index < -0.39 is 21.3 Å². The van der Waals surface area contributed by atoms with Crippen molar-refractivity contribution >= 4 is 15.9 Å². The summed E-state index contributed by atoms with van der Waals surface area (Å²) < 4.78 is 40.8. The summed E-state index contributed by atoms with van der Waals surface area (Å²) in [6.07, 6.45) is 9.50. The summed E-state index contributed by atoms with van der Waals surface area (Å²) >= 11 is 0. The number of benzene rings is 2. The number of carbonyl (C=O) groups excluding carboxylic acids is 1. The Kier molecular flexibility index (Phi) is 7.10. The van der Waals surface area contributed by atoms with E-state index in [1.54, 1.807) is 0 Å². The average Bonchev–Trinajstić information content (AvgIpc) is 2.84. The minimum absolute atomic E-state index is 0.0272. The Bertz CT molecular complexity index is 1130. The molecular weight excluding hydrogens is 439 g/mol. The molecule has 1 aliphatic heterocycles. The third-order valence-corrected chi connectivity index (χ3v) is 8.49. The fourth-order valence-electron chi connectivity index (χ4n) is 4.56. The molecule has 2 aromatic rings. The molecule has 0 unspecified atom stereocenters. The van der Waals surface area contributed by atoms with Crippen LogP contribution in [0.1, 0.15) is 31.2 Å². The molecule has 174 valence electrons. The molecule has 0 radical (unpaired) electrons. The second-order valence-electron chi connectivity index (χ2n) is 8.78. The average molecular weight is 469 g/mol. The first-order valence-corrected chi connectivity index (χ1v) is 12.8. The van der Waals surface area contributed by atoms with E-state index in [0.717, 1.165) is 30.5 Å². The third-order valence-electron chi connectivity index (χ3n) is 6.57. The summed E-state index contributed by atoms with van der Waals surface area (Å²) in [7, 11) is -3.74. The first-order chi connectivity index (χ1) is 15.9. The number of hydrogen-bond acceptors (Lipinski definition) is 3. The number of allylic oxidation sites excluding steroid dienone is 3. The molecular formula is C26H29FN2O3S. The second-order valence-corrected chi connectivity index (χ2v) is 10.7. The number of rotatable bonds is 7. The molecule has 0 aromatic heterocycles. The van der Waals surface area contributed by atoms with Crippen LogP contribution in [-0.4, -0.2) is 38.3 Å². The van der Waals surface area contributed by atoms with Crippen LogP contribution in [0.4, 0.5) is 4.39 Å². The lowest BCUT2D eigenvalue weighted by atomic mass is 9.73. The lowest BCUT2D eigenvalue weighted by Gasteiger charge is -2.40. The molecule has 0 atom stereocenters. The predicted octanol–water partition coefficient (Wildman–Crippen LogP) is 4.23. The molecule has 1 heterocycles. The van der Waals surface area contributed by atoms with Gasteiger partial charge in [0.2, 0.25) is 15.9 Å². The monoisotopic (exact) mass is 468 g/mol. The summed E-state index contributed by atoms with van der Waals surface area (Å²) in [6.45, 7) is 0.994. The number of sulfonamides is 1. The van der Waals surface area contributed by atoms with Crippen LogP contribution in [0.5, 0.6) is 0 Å². The summed E-state index contributed by atoms with van der Waals surface area (Å²) in [5.41, 5.74) is 1.57. The van der Waals surface area contributed by atoms with Gasteiger partial charge in [0.15, 0.2) is 0 Å². The standard InChI is InChI=1S/C26H29FN2O3S/c27-23-11-13-24(14-12-23)33(31,32)29-17-15-26(16-18-29,19-21-7-3-1-4-8-21)25(30)28-20-22-9-5-2-6-10-22/h1-5,7-9,11-14H,6,10,15-20H2,(H,28,30). The summed E-state index contributed by atoms with van der Waals surface area (Å²) in [5, 5.41) is 3.12. The Morgan fingerprint density at radius 2 is 1.73 bits per heavy atom. The highest BCUT2D eigenvalue weighted by Gasteiger charge is 2.43. The number of nitrogens with one attached hydrogen (secondary N) is 1. The molecule has 0 bridgehead atoms. The normalized spacial score (nSPS) is 18.5. The van der Waals surface area contributed by atoms with Crippen LogP contribution in [-0.2, 0) is 21.2 Å². The van der Waals surface area contributed by atoms with Crippen molar-refractivity contribution in [3.05, 3.63) is 89.8 Å². The van der Waals surface area contributed by atoms with Crippen LogP contribution in [0, 0.1) is 11.2 Å². The number of hydrogen-bond donors (Lipinski definition) is 1. The van der Waals surface area contributed by atoms with Crippen molar-refractivity contribution in [3.63, 3.8) is 0 Å². The van der Waals surface area contributed by atoms with Crippen molar-refractivity contribution in [2.45, 2.75) is 37.0 Å². The lowest BCUT2D eigenvalue weighted by Crippen LogP contribution is -2.51. The van der Waals surface area contributed by atoms with Crippen molar-refractivity contribution in [1.29, 1.82) is 0 Å². The quantitative estimate of drug-likeness (QED) is 0.661. The molecule has 2 aromatic carbocycles. The fraction of sp³-hybridized carbons (Fsp3) is 0.346. The van der Waals surface area contributed by atoms with Crippen LogP contribution < -0.4 is 5.32 Å². The summed E-state index contributed by atoms with van der Waals surface area (Å²) in [6, 6.07) is 14.7. The maximum absolute atomic E-state index is 13.5. The molecule has 0 spiro atoms. The van der Waals surface area contributed by atoms with Crippen LogP contribution in [0.3, 0.4) is 0 Å². The predicted molar refractivity (Wildman–Crippen MR) is 126 cm³/mol. The number of nitrogens with zero attached hydrogens (tertiary/aromatic N) is 1. The van der Waals surface area contributed by atoms with Crippen molar-refractivity contribution in [2.24, 2.45) is 5.41 Å². The van der Waals surface area contributed by atoms with E-state index in [2.05, 4.69) is 11.4 Å². The molecule has 1 N–H and O–H groups in total. The van der Waals surface area contributed by atoms with Crippen LogP contribution >= 0.6 is 0 Å². The number of halogens is 1. The highest BCUT2D eigenvalue weighted by atomic mass is 32.2. The van der Waals surface area contributed by atoms with E-state index in [0.29, 0.717) is 25.8 Å². The van der Waals surface area contributed by atoms with E-state index in [1.165, 1.54) is 22.0 Å². The topological polar surface area (TPSA) is 66.5 Å². The molecule has 1 fully saturated rings. The van der Waals surface area contributed by atoms with E-state index in [1.807, 2.05) is 42.5 Å². The summed E-state index contributed by atoms with van der Waals surface area (Å²) in [4.78, 5) is 13.5. The number of piperidine rings is 1. The number of carbonyl (C=O) groups is 1. The first-order valence-electron chi connectivity index (χ1n) is 11.3. The molecule has 4 rings (SSSR count). The van der Waals surface area contributed by atoms with Gasteiger partial charge in [0, 0.05) is 19.6 Å². The molecule has 2 aliphatic rings. The molecule has 7 heteroatoms. The van der Waals surface area contributed by atoms with Gasteiger partial charge in [-0.1, -0.05) is 54.1 Å². The van der Waals surface area contributed by atoms with Crippen molar-refractivity contribution in [2.75, 3.05) is 19.6 Å². The van der Waals surface area contributed by atoms with Gasteiger partial charge in [-0.25, -0.2) is 12.8 Å². The van der Waals surface area contributed by atoms with Crippen LogP contribution in [0.15, 0.2) is 83.3 Å². The Morgan fingerprint density at radius 3 is 2.36 bits per heavy atom. The largest absolute Gasteiger partial charge is 0.352 e. The third kappa shape index (κ3) is 5.42. The highest BCUT2D eigenvalue weighted by molar-refractivity contribution is 7.89. The Hall–Kier alpha value is -2.77. The smallest absolute Gasteiger partial charge is 0.243 e. The van der Waals surface area contributed by atoms with Gasteiger partial charge in [0.25, 0.3) is 0 Å². The van der Waals surface area contributed by atoms with Crippen molar-refractivity contribution < 1.29 is 17.6 Å². The van der Waals surface area contributed by atoms with E-state index in [-0.39, 0.29) is 23.9 Å². The zero-order valence-electron chi connectivity index (χ0n) is 18.5. The molecule has 33 heavy (non-hydrogen) atoms. The van der Waals surface area contributed by atoms with Crippen LogP contribution in [0.2, 0.25) is 0 Å². The van der Waals surface area contributed by atoms with Gasteiger partial charge in [-0.05, 0) is 61.9 Å². The minimum Gasteiger partial charge on any atom is -0.352 e. The molecule has 1 saturated heterocycles. The van der Waals surface area contributed by atoms with Gasteiger partial charge in [0.1, 0.15) is 5.82 Å². The van der Waals surface area contributed by atoms with Crippen molar-refractivity contribution in [1.82, 2.24) is 9.62 Å². The maximum Gasteiger partial charge on any atom is 0.243 e. The number of amides is 1. The lowest BCUT2D eigenvalue weighted by molar-refractivity contribution is -0.133. The van der Waals surface area contributed by atoms with E-state index in [9.17, 15) is 17.6 Å². The van der Waals surface area contributed by atoms with Crippen molar-refractivity contribution in [3.8, 4) is 0 Å².